The van der Waals surface area contributed by atoms with Gasteiger partial charge in [-0.3, -0.25) is 0 Å². The SMILES string of the molecule is CC([NH-])=O.CCCCC([NH-])=O.[Y]. The first-order chi connectivity index (χ1) is 5.00. The third-order valence-corrected chi connectivity index (χ3v) is 0.757. The minimum Gasteiger partial charge on any atom is -0.668 e. The van der Waals surface area contributed by atoms with E-state index in [4.69, 9.17) is 16.3 Å². The van der Waals surface area contributed by atoms with Gasteiger partial charge in [-0.25, -0.2) is 0 Å². The van der Waals surface area contributed by atoms with Crippen LogP contribution in [0.2, 0.25) is 0 Å². The van der Waals surface area contributed by atoms with Gasteiger partial charge in [0.05, 0.1) is 0 Å². The Morgan fingerprint density at radius 3 is 1.67 bits per heavy atom. The molecule has 0 aromatic carbocycles. The van der Waals surface area contributed by atoms with E-state index >= 15 is 0 Å². The van der Waals surface area contributed by atoms with Gasteiger partial charge in [-0.15, -0.1) is 0 Å². The van der Waals surface area contributed by atoms with Gasteiger partial charge < -0.3 is 21.1 Å². The Hall–Kier alpha value is 0.0439. The summed E-state index contributed by atoms with van der Waals surface area (Å²) in [6, 6.07) is 0. The number of carbonyl (C=O) groups is 2. The molecule has 0 saturated carbocycles. The summed E-state index contributed by atoms with van der Waals surface area (Å²) in [6.45, 7) is 3.20. The molecule has 5 heteroatoms. The Labute approximate surface area is 98.3 Å². The van der Waals surface area contributed by atoms with Crippen molar-refractivity contribution >= 4 is 11.8 Å². The summed E-state index contributed by atoms with van der Waals surface area (Å²) >= 11 is 0. The van der Waals surface area contributed by atoms with Gasteiger partial charge in [-0.1, -0.05) is 13.3 Å². The number of rotatable bonds is 3. The van der Waals surface area contributed by atoms with Crippen LogP contribution in [0.1, 0.15) is 33.1 Å². The van der Waals surface area contributed by atoms with Crippen molar-refractivity contribution in [3.8, 4) is 0 Å². The summed E-state index contributed by atoms with van der Waals surface area (Å²) in [5.41, 5.74) is 12.4. The molecule has 0 aliphatic heterocycles. The average Bonchev–Trinajstić information content (AvgIpc) is 1.82. The number of amides is 2. The second-order valence-electron chi connectivity index (χ2n) is 2.08. The van der Waals surface area contributed by atoms with Crippen molar-refractivity contribution in [3.63, 3.8) is 0 Å². The predicted octanol–water partition coefficient (Wildman–Crippen LogP) is 2.34. The standard InChI is InChI=1S/C5H11NO.C2H5NO.Y/c1-2-3-4-5(6)7;1-2(3)4;/h2-4H2,1H3,(H2,6,7);1H3,(H2,3,4);/p-2. The molecule has 69 valence electrons. The number of hydrogen-bond donors (Lipinski definition) is 0. The van der Waals surface area contributed by atoms with Crippen LogP contribution in [0.5, 0.6) is 0 Å². The third kappa shape index (κ3) is 50.2. The summed E-state index contributed by atoms with van der Waals surface area (Å²) < 4.78 is 0. The Balaban J connectivity index is -0.000000142. The summed E-state index contributed by atoms with van der Waals surface area (Å²) in [6.07, 6.45) is 2.30. The van der Waals surface area contributed by atoms with Crippen LogP contribution in [0.25, 0.3) is 11.5 Å². The van der Waals surface area contributed by atoms with Gasteiger partial charge in [0.25, 0.3) is 0 Å². The smallest absolute Gasteiger partial charge is 0.0487 e. The molecule has 2 N–H and O–H groups in total. The Bertz CT molecular complexity index is 125. The molecular formula is C7H14N2O2Y-2. The second-order valence-corrected chi connectivity index (χ2v) is 2.08. The van der Waals surface area contributed by atoms with Gasteiger partial charge in [-0.05, 0) is 19.8 Å². The molecule has 0 aliphatic carbocycles. The molecule has 0 aliphatic rings. The fourth-order valence-corrected chi connectivity index (χ4v) is 0.337. The minimum atomic E-state index is -0.583. The first-order valence-corrected chi connectivity index (χ1v) is 3.47. The van der Waals surface area contributed by atoms with Gasteiger partial charge in [-0.2, -0.15) is 0 Å². The van der Waals surface area contributed by atoms with Crippen LogP contribution < -0.4 is 0 Å². The zero-order chi connectivity index (χ0) is 9.28. The van der Waals surface area contributed by atoms with Gasteiger partial charge in [0, 0.05) is 44.5 Å². The molecule has 0 spiro atoms. The van der Waals surface area contributed by atoms with Crippen molar-refractivity contribution in [2.24, 2.45) is 0 Å². The molecular weight excluding hydrogens is 233 g/mol. The van der Waals surface area contributed by atoms with E-state index in [9.17, 15) is 4.79 Å². The van der Waals surface area contributed by atoms with Crippen molar-refractivity contribution in [2.75, 3.05) is 0 Å². The summed E-state index contributed by atoms with van der Waals surface area (Å²) in [4.78, 5) is 19.0. The molecule has 12 heavy (non-hydrogen) atoms. The molecule has 0 aromatic rings. The Morgan fingerprint density at radius 2 is 1.58 bits per heavy atom. The fraction of sp³-hybridized carbons (Fsp3) is 0.714. The molecule has 0 fully saturated rings. The summed E-state index contributed by atoms with van der Waals surface area (Å²) in [5.74, 6) is -1.03. The topological polar surface area (TPSA) is 81.7 Å². The molecule has 2 amide bonds. The Kier molecular flexibility index (Phi) is 20.4. The van der Waals surface area contributed by atoms with Gasteiger partial charge in [0.15, 0.2) is 0 Å². The van der Waals surface area contributed by atoms with E-state index in [-0.39, 0.29) is 32.7 Å². The number of hydrogen-bond acceptors (Lipinski definition) is 2. The molecule has 0 heterocycles. The van der Waals surface area contributed by atoms with E-state index in [0.29, 0.717) is 6.42 Å². The molecule has 0 bridgehead atoms. The van der Waals surface area contributed by atoms with Crippen molar-refractivity contribution in [1.82, 2.24) is 0 Å². The minimum absolute atomic E-state index is 0. The van der Waals surface area contributed by atoms with Crippen molar-refractivity contribution in [1.29, 1.82) is 0 Å². The number of carbonyl (C=O) groups excluding carboxylic acids is 2. The predicted molar refractivity (Wildman–Crippen MR) is 43.9 cm³/mol. The van der Waals surface area contributed by atoms with E-state index in [2.05, 4.69) is 0 Å². The van der Waals surface area contributed by atoms with Crippen LogP contribution in [0.4, 0.5) is 0 Å². The monoisotopic (exact) mass is 247 g/mol. The van der Waals surface area contributed by atoms with Crippen LogP contribution in [0.15, 0.2) is 0 Å². The van der Waals surface area contributed by atoms with E-state index in [1.807, 2.05) is 6.92 Å². The summed E-state index contributed by atoms with van der Waals surface area (Å²) in [7, 11) is 0. The zero-order valence-electron chi connectivity index (χ0n) is 7.52. The van der Waals surface area contributed by atoms with Crippen molar-refractivity contribution in [2.45, 2.75) is 33.1 Å². The maximum absolute atomic E-state index is 9.87. The normalized spacial score (nSPS) is 7.17. The second kappa shape index (κ2) is 13.6. The first kappa shape index (κ1) is 18.0. The van der Waals surface area contributed by atoms with Crippen molar-refractivity contribution < 1.29 is 42.3 Å². The molecule has 0 aromatic heterocycles. The molecule has 0 saturated heterocycles. The number of unbranched alkanes of at least 4 members (excludes halogenated alkanes) is 1. The molecule has 0 rings (SSSR count). The van der Waals surface area contributed by atoms with Gasteiger partial charge in [0.1, 0.15) is 0 Å². The first-order valence-electron chi connectivity index (χ1n) is 3.47. The largest absolute Gasteiger partial charge is 0.668 e. The van der Waals surface area contributed by atoms with Crippen LogP contribution in [-0.4, -0.2) is 11.8 Å². The molecule has 1 radical (unpaired) electrons. The van der Waals surface area contributed by atoms with E-state index < -0.39 is 11.8 Å². The maximum atomic E-state index is 9.87. The van der Waals surface area contributed by atoms with Crippen LogP contribution in [0.3, 0.4) is 0 Å². The van der Waals surface area contributed by atoms with E-state index in [1.165, 1.54) is 6.92 Å². The molecule has 0 unspecified atom stereocenters. The van der Waals surface area contributed by atoms with Crippen LogP contribution in [-0.2, 0) is 42.3 Å². The van der Waals surface area contributed by atoms with Crippen LogP contribution in [0, 0.1) is 0 Å². The Morgan fingerprint density at radius 1 is 1.25 bits per heavy atom. The fourth-order valence-electron chi connectivity index (χ4n) is 0.337. The van der Waals surface area contributed by atoms with Crippen LogP contribution >= 0.6 is 0 Å². The third-order valence-electron chi connectivity index (χ3n) is 0.757. The van der Waals surface area contributed by atoms with Gasteiger partial charge >= 0.3 is 0 Å². The molecule has 4 nitrogen and oxygen atoms in total. The maximum Gasteiger partial charge on any atom is 0.0487 e. The number of nitrogens with one attached hydrogen (secondary N) is 2. The quantitative estimate of drug-likeness (QED) is 0.766. The van der Waals surface area contributed by atoms with Crippen molar-refractivity contribution in [3.05, 3.63) is 11.5 Å². The van der Waals surface area contributed by atoms with E-state index in [0.717, 1.165) is 12.8 Å². The average molecular weight is 247 g/mol. The summed E-state index contributed by atoms with van der Waals surface area (Å²) in [5, 5.41) is 0. The van der Waals surface area contributed by atoms with E-state index in [1.54, 1.807) is 0 Å². The van der Waals surface area contributed by atoms with Gasteiger partial charge in [0.2, 0.25) is 0 Å². The molecule has 0 atom stereocenters. The zero-order valence-corrected chi connectivity index (χ0v) is 10.4.